The molecule has 1 aliphatic rings. The lowest BCUT2D eigenvalue weighted by atomic mass is 10.2. The fourth-order valence-electron chi connectivity index (χ4n) is 2.55. The molecule has 21 heavy (non-hydrogen) atoms. The smallest absolute Gasteiger partial charge is 0.119 e. The molecule has 1 saturated heterocycles. The van der Waals surface area contributed by atoms with Crippen molar-refractivity contribution in [2.45, 2.75) is 26.1 Å². The Morgan fingerprint density at radius 2 is 1.90 bits per heavy atom. The monoisotopic (exact) mass is 288 g/mol. The Morgan fingerprint density at radius 1 is 1.24 bits per heavy atom. The fraction of sp³-hybridized carbons (Fsp3) is 0.529. The maximum Gasteiger partial charge on any atom is 0.119 e. The largest absolute Gasteiger partial charge is 0.492 e. The zero-order valence-corrected chi connectivity index (χ0v) is 12.8. The Bertz CT molecular complexity index is 480. The minimum absolute atomic E-state index is 0.300. The highest BCUT2D eigenvalue weighted by atomic mass is 16.5. The van der Waals surface area contributed by atoms with Crippen molar-refractivity contribution in [1.82, 2.24) is 4.90 Å². The van der Waals surface area contributed by atoms with E-state index in [-0.39, 0.29) is 0 Å². The molecule has 0 aromatic heterocycles. The van der Waals surface area contributed by atoms with Crippen LogP contribution < -0.4 is 10.5 Å². The van der Waals surface area contributed by atoms with Crippen LogP contribution in [0.15, 0.2) is 24.3 Å². The highest BCUT2D eigenvalue weighted by Gasteiger charge is 2.21. The second-order valence-electron chi connectivity index (χ2n) is 5.40. The normalized spacial score (nSPS) is 22.4. The lowest BCUT2D eigenvalue weighted by molar-refractivity contribution is -0.0699. The fourth-order valence-corrected chi connectivity index (χ4v) is 2.55. The molecular weight excluding hydrogens is 264 g/mol. The van der Waals surface area contributed by atoms with Gasteiger partial charge in [-0.25, -0.2) is 0 Å². The van der Waals surface area contributed by atoms with Gasteiger partial charge in [0.1, 0.15) is 12.4 Å². The van der Waals surface area contributed by atoms with Gasteiger partial charge in [-0.2, -0.15) is 0 Å². The number of nitrogens with zero attached hydrogens (tertiary/aromatic N) is 1. The first-order valence-electron chi connectivity index (χ1n) is 7.47. The zero-order chi connectivity index (χ0) is 15.1. The number of hydrogen-bond donors (Lipinski definition) is 1. The van der Waals surface area contributed by atoms with Crippen LogP contribution in [0.3, 0.4) is 0 Å². The van der Waals surface area contributed by atoms with Crippen LogP contribution in [0.25, 0.3) is 0 Å². The van der Waals surface area contributed by atoms with Crippen molar-refractivity contribution >= 4 is 0 Å². The van der Waals surface area contributed by atoms with E-state index in [4.69, 9.17) is 15.2 Å². The number of rotatable bonds is 4. The predicted octanol–water partition coefficient (Wildman–Crippen LogP) is 1.48. The van der Waals surface area contributed by atoms with Gasteiger partial charge in [0.15, 0.2) is 0 Å². The van der Waals surface area contributed by atoms with E-state index in [2.05, 4.69) is 30.6 Å². The van der Waals surface area contributed by atoms with Gasteiger partial charge in [-0.05, 0) is 38.1 Å². The van der Waals surface area contributed by atoms with E-state index in [9.17, 15) is 0 Å². The molecule has 2 N–H and O–H groups in total. The molecule has 2 atom stereocenters. The highest BCUT2D eigenvalue weighted by Crippen LogP contribution is 2.13. The third kappa shape index (κ3) is 5.39. The standard InChI is InChI=1S/C17H24N2O2/c1-14-12-19(13-15(2)21-14)10-11-20-17-7-5-16(6-8-17)4-3-9-18/h5-8,14-15H,9-13,18H2,1-2H3. The van der Waals surface area contributed by atoms with Crippen LogP contribution in [-0.4, -0.2) is 49.9 Å². The molecule has 1 aromatic carbocycles. The van der Waals surface area contributed by atoms with E-state index >= 15 is 0 Å². The second kappa shape index (κ2) is 8.04. The molecule has 0 radical (unpaired) electrons. The van der Waals surface area contributed by atoms with E-state index in [1.54, 1.807) is 0 Å². The van der Waals surface area contributed by atoms with Gasteiger partial charge >= 0.3 is 0 Å². The SMILES string of the molecule is CC1CN(CCOc2ccc(C#CCN)cc2)CC(C)O1. The second-order valence-corrected chi connectivity index (χ2v) is 5.40. The summed E-state index contributed by atoms with van der Waals surface area (Å²) in [6.07, 6.45) is 0.600. The number of ether oxygens (including phenoxy) is 2. The van der Waals surface area contributed by atoms with Crippen LogP contribution in [0.5, 0.6) is 5.75 Å². The molecule has 114 valence electrons. The average Bonchev–Trinajstić information content (AvgIpc) is 2.45. The Hall–Kier alpha value is -1.54. The van der Waals surface area contributed by atoms with E-state index in [1.165, 1.54) is 0 Å². The maximum absolute atomic E-state index is 5.78. The summed E-state index contributed by atoms with van der Waals surface area (Å²) in [5.74, 6) is 6.71. The number of benzene rings is 1. The molecule has 1 fully saturated rings. The van der Waals surface area contributed by atoms with Gasteiger partial charge < -0.3 is 15.2 Å². The summed E-state index contributed by atoms with van der Waals surface area (Å²) >= 11 is 0. The summed E-state index contributed by atoms with van der Waals surface area (Å²) < 4.78 is 11.5. The number of nitrogens with two attached hydrogens (primary N) is 1. The van der Waals surface area contributed by atoms with Gasteiger partial charge in [0.05, 0.1) is 18.8 Å². The van der Waals surface area contributed by atoms with E-state index in [1.807, 2.05) is 24.3 Å². The summed E-state index contributed by atoms with van der Waals surface area (Å²) in [5.41, 5.74) is 6.31. The minimum atomic E-state index is 0.300. The summed E-state index contributed by atoms with van der Waals surface area (Å²) in [6.45, 7) is 8.17. The first-order valence-corrected chi connectivity index (χ1v) is 7.47. The van der Waals surface area contributed by atoms with Crippen LogP contribution in [0, 0.1) is 11.8 Å². The average molecular weight is 288 g/mol. The predicted molar refractivity (Wildman–Crippen MR) is 84.3 cm³/mol. The Labute approximate surface area is 127 Å². The summed E-state index contributed by atoms with van der Waals surface area (Å²) in [7, 11) is 0. The molecule has 0 bridgehead atoms. The van der Waals surface area contributed by atoms with Crippen LogP contribution in [-0.2, 0) is 4.74 Å². The van der Waals surface area contributed by atoms with Crippen molar-refractivity contribution in [2.24, 2.45) is 5.73 Å². The summed E-state index contributed by atoms with van der Waals surface area (Å²) in [4.78, 5) is 2.39. The molecular formula is C17H24N2O2. The van der Waals surface area contributed by atoms with E-state index < -0.39 is 0 Å². The van der Waals surface area contributed by atoms with E-state index in [0.29, 0.717) is 25.4 Å². The van der Waals surface area contributed by atoms with Gasteiger partial charge in [-0.3, -0.25) is 4.90 Å². The van der Waals surface area contributed by atoms with Gasteiger partial charge in [-0.1, -0.05) is 11.8 Å². The molecule has 1 aliphatic heterocycles. The van der Waals surface area contributed by atoms with Crippen molar-refractivity contribution in [2.75, 3.05) is 32.8 Å². The third-order valence-corrected chi connectivity index (χ3v) is 3.36. The zero-order valence-electron chi connectivity index (χ0n) is 12.8. The van der Waals surface area contributed by atoms with Crippen LogP contribution in [0.4, 0.5) is 0 Å². The minimum Gasteiger partial charge on any atom is -0.492 e. The molecule has 4 nitrogen and oxygen atoms in total. The number of hydrogen-bond acceptors (Lipinski definition) is 4. The molecule has 1 aromatic rings. The topological polar surface area (TPSA) is 47.7 Å². The van der Waals surface area contributed by atoms with Crippen LogP contribution in [0.1, 0.15) is 19.4 Å². The quantitative estimate of drug-likeness (QED) is 0.853. The van der Waals surface area contributed by atoms with Crippen molar-refractivity contribution in [3.8, 4) is 17.6 Å². The van der Waals surface area contributed by atoms with Crippen molar-refractivity contribution in [3.63, 3.8) is 0 Å². The Morgan fingerprint density at radius 3 is 2.52 bits per heavy atom. The molecule has 0 amide bonds. The lowest BCUT2D eigenvalue weighted by Gasteiger charge is -2.35. The van der Waals surface area contributed by atoms with Gasteiger partial charge in [0.25, 0.3) is 0 Å². The molecule has 4 heteroatoms. The summed E-state index contributed by atoms with van der Waals surface area (Å²) in [5, 5.41) is 0. The van der Waals surface area contributed by atoms with E-state index in [0.717, 1.165) is 30.9 Å². The number of morpholine rings is 1. The first-order chi connectivity index (χ1) is 10.2. The molecule has 1 heterocycles. The maximum atomic E-state index is 5.78. The molecule has 2 rings (SSSR count). The van der Waals surface area contributed by atoms with Crippen LogP contribution in [0.2, 0.25) is 0 Å². The molecule has 0 aliphatic carbocycles. The third-order valence-electron chi connectivity index (χ3n) is 3.36. The Kier molecular flexibility index (Phi) is 6.06. The van der Waals surface area contributed by atoms with Gasteiger partial charge in [0.2, 0.25) is 0 Å². The van der Waals surface area contributed by atoms with Gasteiger partial charge in [0, 0.05) is 25.2 Å². The Balaban J connectivity index is 1.75. The molecule has 0 spiro atoms. The van der Waals surface area contributed by atoms with Crippen molar-refractivity contribution in [3.05, 3.63) is 29.8 Å². The van der Waals surface area contributed by atoms with Crippen molar-refractivity contribution < 1.29 is 9.47 Å². The molecule has 2 unspecified atom stereocenters. The van der Waals surface area contributed by atoms with Gasteiger partial charge in [-0.15, -0.1) is 0 Å². The van der Waals surface area contributed by atoms with Crippen LogP contribution >= 0.6 is 0 Å². The highest BCUT2D eigenvalue weighted by molar-refractivity contribution is 5.38. The summed E-state index contributed by atoms with van der Waals surface area (Å²) in [6, 6.07) is 7.81. The first kappa shape index (κ1) is 15.8. The van der Waals surface area contributed by atoms with Crippen molar-refractivity contribution in [1.29, 1.82) is 0 Å². The lowest BCUT2D eigenvalue weighted by Crippen LogP contribution is -2.46. The molecule has 0 saturated carbocycles.